The van der Waals surface area contributed by atoms with Gasteiger partial charge in [-0.05, 0) is 25.8 Å². The summed E-state index contributed by atoms with van der Waals surface area (Å²) in [6.45, 7) is 2.14. The fraction of sp³-hybridized carbons (Fsp3) is 0.667. The number of rotatable bonds is 4. The molecule has 2 N–H and O–H groups in total. The normalized spacial score (nSPS) is 20.1. The van der Waals surface area contributed by atoms with Crippen LogP contribution in [0.3, 0.4) is 0 Å². The Morgan fingerprint density at radius 3 is 2.88 bits per heavy atom. The zero-order chi connectivity index (χ0) is 12.3. The highest BCUT2D eigenvalue weighted by Gasteiger charge is 2.31. The summed E-state index contributed by atoms with van der Waals surface area (Å²) in [5.74, 6) is -0.103. The van der Waals surface area contributed by atoms with Crippen molar-refractivity contribution in [3.63, 3.8) is 0 Å². The van der Waals surface area contributed by atoms with Gasteiger partial charge in [0.2, 0.25) is 5.91 Å². The van der Waals surface area contributed by atoms with Gasteiger partial charge in [-0.25, -0.2) is 0 Å². The second-order valence-corrected chi connectivity index (χ2v) is 4.81. The van der Waals surface area contributed by atoms with Gasteiger partial charge in [0, 0.05) is 18.9 Å². The Labute approximate surface area is 101 Å². The van der Waals surface area contributed by atoms with Crippen molar-refractivity contribution in [2.75, 3.05) is 6.54 Å². The van der Waals surface area contributed by atoms with E-state index >= 15 is 0 Å². The smallest absolute Gasteiger partial charge is 0.244 e. The van der Waals surface area contributed by atoms with Crippen molar-refractivity contribution >= 4 is 5.91 Å². The summed E-state index contributed by atoms with van der Waals surface area (Å²) in [6, 6.07) is 1.45. The molecule has 1 aliphatic rings. The van der Waals surface area contributed by atoms with E-state index in [9.17, 15) is 9.90 Å². The molecular weight excluding hydrogens is 218 g/mol. The van der Waals surface area contributed by atoms with E-state index in [1.807, 2.05) is 0 Å². The molecule has 1 aliphatic carbocycles. The van der Waals surface area contributed by atoms with Gasteiger partial charge in [-0.2, -0.15) is 5.10 Å². The van der Waals surface area contributed by atoms with Gasteiger partial charge in [-0.15, -0.1) is 0 Å². The molecule has 17 heavy (non-hydrogen) atoms. The van der Waals surface area contributed by atoms with E-state index in [2.05, 4.69) is 10.4 Å². The maximum Gasteiger partial charge on any atom is 0.244 e. The zero-order valence-corrected chi connectivity index (χ0v) is 10.1. The summed E-state index contributed by atoms with van der Waals surface area (Å²) >= 11 is 0. The van der Waals surface area contributed by atoms with Gasteiger partial charge in [0.05, 0.1) is 5.60 Å². The fourth-order valence-electron chi connectivity index (χ4n) is 2.24. The van der Waals surface area contributed by atoms with Crippen molar-refractivity contribution in [1.82, 2.24) is 15.1 Å². The molecule has 1 aromatic rings. The maximum atomic E-state index is 11.9. The monoisotopic (exact) mass is 237 g/mol. The van der Waals surface area contributed by atoms with Gasteiger partial charge in [0.1, 0.15) is 6.04 Å². The van der Waals surface area contributed by atoms with Crippen LogP contribution in [-0.4, -0.2) is 32.9 Å². The van der Waals surface area contributed by atoms with Gasteiger partial charge in [-0.1, -0.05) is 12.8 Å². The predicted octanol–water partition coefficient (Wildman–Crippen LogP) is 0.865. The van der Waals surface area contributed by atoms with Crippen LogP contribution in [0.25, 0.3) is 0 Å². The first-order valence-corrected chi connectivity index (χ1v) is 6.10. The number of carbonyl (C=O) groups is 1. The summed E-state index contributed by atoms with van der Waals surface area (Å²) in [4.78, 5) is 11.9. The number of aliphatic hydroxyl groups is 1. The molecule has 5 heteroatoms. The molecule has 1 atom stereocenters. The number of aromatic nitrogens is 2. The van der Waals surface area contributed by atoms with Gasteiger partial charge >= 0.3 is 0 Å². The molecule has 0 spiro atoms. The van der Waals surface area contributed by atoms with Crippen LogP contribution in [0.1, 0.15) is 38.6 Å². The van der Waals surface area contributed by atoms with E-state index in [0.717, 1.165) is 25.7 Å². The molecule has 2 rings (SSSR count). The van der Waals surface area contributed by atoms with Crippen LogP contribution >= 0.6 is 0 Å². The minimum absolute atomic E-state index is 0.103. The molecule has 1 saturated carbocycles. The van der Waals surface area contributed by atoms with Crippen molar-refractivity contribution in [2.45, 2.75) is 44.2 Å². The highest BCUT2D eigenvalue weighted by Crippen LogP contribution is 2.28. The summed E-state index contributed by atoms with van der Waals surface area (Å²) in [5, 5.41) is 16.9. The molecule has 5 nitrogen and oxygen atoms in total. The lowest BCUT2D eigenvalue weighted by Crippen LogP contribution is -2.43. The van der Waals surface area contributed by atoms with Crippen LogP contribution in [0.2, 0.25) is 0 Å². The van der Waals surface area contributed by atoms with Gasteiger partial charge in [-0.3, -0.25) is 9.48 Å². The van der Waals surface area contributed by atoms with Crippen molar-refractivity contribution < 1.29 is 9.90 Å². The molecule has 0 saturated heterocycles. The maximum absolute atomic E-state index is 11.9. The zero-order valence-electron chi connectivity index (χ0n) is 10.1. The minimum Gasteiger partial charge on any atom is -0.388 e. The van der Waals surface area contributed by atoms with Crippen LogP contribution in [-0.2, 0) is 4.79 Å². The molecule has 0 aliphatic heterocycles. The molecule has 1 unspecified atom stereocenters. The van der Waals surface area contributed by atoms with Gasteiger partial charge in [0.15, 0.2) is 0 Å². The first kappa shape index (κ1) is 12.1. The third-order valence-corrected chi connectivity index (χ3v) is 3.43. The average Bonchev–Trinajstić information content (AvgIpc) is 2.96. The summed E-state index contributed by atoms with van der Waals surface area (Å²) in [6.07, 6.45) is 7.05. The Hall–Kier alpha value is -1.36. The van der Waals surface area contributed by atoms with E-state index in [-0.39, 0.29) is 11.9 Å². The number of nitrogens with zero attached hydrogens (tertiary/aromatic N) is 2. The van der Waals surface area contributed by atoms with E-state index in [4.69, 9.17) is 0 Å². The topological polar surface area (TPSA) is 67.2 Å². The Morgan fingerprint density at radius 2 is 2.29 bits per heavy atom. The standard InChI is InChI=1S/C12H19N3O2/c1-10(15-8-4-7-14-15)11(16)13-9-12(17)5-2-3-6-12/h4,7-8,10,17H,2-3,5-6,9H2,1H3,(H,13,16). The lowest BCUT2D eigenvalue weighted by Gasteiger charge is -2.23. The first-order valence-electron chi connectivity index (χ1n) is 6.10. The van der Waals surface area contributed by atoms with E-state index in [0.29, 0.717) is 6.54 Å². The van der Waals surface area contributed by atoms with Crippen LogP contribution in [0, 0.1) is 0 Å². The Balaban J connectivity index is 1.85. The van der Waals surface area contributed by atoms with Crippen molar-refractivity contribution in [3.8, 4) is 0 Å². The van der Waals surface area contributed by atoms with Gasteiger partial charge in [0.25, 0.3) is 0 Å². The van der Waals surface area contributed by atoms with Crippen LogP contribution in [0.15, 0.2) is 18.5 Å². The fourth-order valence-corrected chi connectivity index (χ4v) is 2.24. The molecule has 0 aromatic carbocycles. The van der Waals surface area contributed by atoms with E-state index in [1.165, 1.54) is 0 Å². The third kappa shape index (κ3) is 2.85. The van der Waals surface area contributed by atoms with E-state index < -0.39 is 5.60 Å². The molecular formula is C12H19N3O2. The Bertz CT molecular complexity index is 369. The number of amides is 1. The van der Waals surface area contributed by atoms with Crippen LogP contribution in [0.5, 0.6) is 0 Å². The highest BCUT2D eigenvalue weighted by molar-refractivity contribution is 5.79. The molecule has 0 radical (unpaired) electrons. The average molecular weight is 237 g/mol. The number of hydrogen-bond donors (Lipinski definition) is 2. The number of nitrogens with one attached hydrogen (secondary N) is 1. The lowest BCUT2D eigenvalue weighted by molar-refractivity contribution is -0.125. The predicted molar refractivity (Wildman–Crippen MR) is 63.4 cm³/mol. The molecule has 94 valence electrons. The Kier molecular flexibility index (Phi) is 3.47. The summed E-state index contributed by atoms with van der Waals surface area (Å²) in [7, 11) is 0. The number of hydrogen-bond acceptors (Lipinski definition) is 3. The Morgan fingerprint density at radius 1 is 1.59 bits per heavy atom. The van der Waals surface area contributed by atoms with E-state index in [1.54, 1.807) is 30.1 Å². The quantitative estimate of drug-likeness (QED) is 0.816. The summed E-state index contributed by atoms with van der Waals surface area (Å²) in [5.41, 5.74) is -0.695. The van der Waals surface area contributed by atoms with Crippen LogP contribution in [0.4, 0.5) is 0 Å². The molecule has 1 aromatic heterocycles. The third-order valence-electron chi connectivity index (χ3n) is 3.43. The first-order chi connectivity index (χ1) is 8.11. The largest absolute Gasteiger partial charge is 0.388 e. The highest BCUT2D eigenvalue weighted by atomic mass is 16.3. The molecule has 1 heterocycles. The lowest BCUT2D eigenvalue weighted by atomic mass is 10.0. The number of carbonyl (C=O) groups excluding carboxylic acids is 1. The second kappa shape index (κ2) is 4.87. The SMILES string of the molecule is CC(C(=O)NCC1(O)CCCC1)n1cccn1. The second-order valence-electron chi connectivity index (χ2n) is 4.81. The molecule has 0 bridgehead atoms. The van der Waals surface area contributed by atoms with Crippen molar-refractivity contribution in [3.05, 3.63) is 18.5 Å². The molecule has 1 amide bonds. The van der Waals surface area contributed by atoms with Crippen molar-refractivity contribution in [2.24, 2.45) is 0 Å². The van der Waals surface area contributed by atoms with Crippen LogP contribution < -0.4 is 5.32 Å². The van der Waals surface area contributed by atoms with Gasteiger partial charge < -0.3 is 10.4 Å². The molecule has 1 fully saturated rings. The van der Waals surface area contributed by atoms with Crippen molar-refractivity contribution in [1.29, 1.82) is 0 Å². The minimum atomic E-state index is -0.695. The summed E-state index contributed by atoms with van der Waals surface area (Å²) < 4.78 is 1.61.